The smallest absolute Gasteiger partial charge is 0.257 e. The van der Waals surface area contributed by atoms with Crippen LogP contribution in [-0.2, 0) is 32.2 Å². The Balaban J connectivity index is 1.46. The van der Waals surface area contributed by atoms with Crippen LogP contribution in [0.15, 0.2) is 46.0 Å². The molecule has 1 aliphatic heterocycles. The van der Waals surface area contributed by atoms with Crippen molar-refractivity contribution in [1.29, 1.82) is 0 Å². The molecule has 0 atom stereocenters. The second-order valence-electron chi connectivity index (χ2n) is 6.44. The van der Waals surface area contributed by atoms with Crippen molar-refractivity contribution in [3.05, 3.63) is 75.5 Å². The molecule has 0 fully saturated rings. The Morgan fingerprint density at radius 1 is 1.12 bits per heavy atom. The van der Waals surface area contributed by atoms with Crippen LogP contribution in [0.2, 0.25) is 0 Å². The molecule has 0 saturated heterocycles. The summed E-state index contributed by atoms with van der Waals surface area (Å²) in [6, 6.07) is 10.2. The lowest BCUT2D eigenvalue weighted by Gasteiger charge is -2.07. The fraction of sp³-hybridized carbons (Fsp3) is 0.368. The van der Waals surface area contributed by atoms with Gasteiger partial charge in [0.1, 0.15) is 6.54 Å². The number of hydrogen-bond acceptors (Lipinski definition) is 6. The van der Waals surface area contributed by atoms with E-state index in [4.69, 9.17) is 4.52 Å². The van der Waals surface area contributed by atoms with Gasteiger partial charge in [-0.05, 0) is 24.9 Å². The minimum Gasteiger partial charge on any atom is -0.337 e. The second-order valence-corrected chi connectivity index (χ2v) is 6.44. The first kappa shape index (κ1) is 16.7. The van der Waals surface area contributed by atoms with Gasteiger partial charge in [0, 0.05) is 24.9 Å². The monoisotopic (exact) mass is 351 g/mol. The predicted octanol–water partition coefficient (Wildman–Crippen LogP) is 1.15. The molecule has 2 aromatic heterocycles. The van der Waals surface area contributed by atoms with Crippen LogP contribution in [0, 0.1) is 0 Å². The number of aromatic nitrogens is 4. The molecule has 7 nitrogen and oxygen atoms in total. The summed E-state index contributed by atoms with van der Waals surface area (Å²) in [5.41, 5.74) is 2.91. The van der Waals surface area contributed by atoms with E-state index in [1.165, 1.54) is 5.56 Å². The highest BCUT2D eigenvalue weighted by molar-refractivity contribution is 5.19. The molecule has 4 rings (SSSR count). The van der Waals surface area contributed by atoms with Gasteiger partial charge in [-0.1, -0.05) is 35.5 Å². The molecule has 1 aromatic carbocycles. The van der Waals surface area contributed by atoms with Crippen molar-refractivity contribution in [2.45, 2.75) is 32.2 Å². The summed E-state index contributed by atoms with van der Waals surface area (Å²) < 4.78 is 6.87. The minimum atomic E-state index is -0.0114. The normalized spacial score (nSPS) is 14.0. The van der Waals surface area contributed by atoms with Crippen LogP contribution in [-0.4, -0.2) is 32.8 Å². The van der Waals surface area contributed by atoms with E-state index >= 15 is 0 Å². The average molecular weight is 351 g/mol. The molecule has 1 N–H and O–H groups in total. The van der Waals surface area contributed by atoms with Crippen molar-refractivity contribution >= 4 is 0 Å². The summed E-state index contributed by atoms with van der Waals surface area (Å²) in [4.78, 5) is 21.6. The Labute approximate surface area is 151 Å². The third-order valence-electron chi connectivity index (χ3n) is 4.61. The Hall–Kier alpha value is -2.80. The van der Waals surface area contributed by atoms with Crippen molar-refractivity contribution in [3.63, 3.8) is 0 Å². The topological polar surface area (TPSA) is 85.8 Å². The number of rotatable bonds is 5. The van der Waals surface area contributed by atoms with E-state index in [-0.39, 0.29) is 12.1 Å². The standard InChI is InChI=1S/C19H21N5O2/c25-19-15-8-10-20-11-9-16(15)21-13-24(19)12-18-22-17(23-26-18)7-6-14-4-2-1-3-5-14/h1-5,13,20H,6-12H2. The van der Waals surface area contributed by atoms with Crippen molar-refractivity contribution in [2.24, 2.45) is 0 Å². The molecule has 0 spiro atoms. The number of aryl methyl sites for hydroxylation is 2. The zero-order chi connectivity index (χ0) is 17.8. The Morgan fingerprint density at radius 3 is 2.85 bits per heavy atom. The SMILES string of the molecule is O=c1c2c(ncn1Cc1nc(CCc3ccccc3)no1)CCNCC2. The predicted molar refractivity (Wildman–Crippen MR) is 96.0 cm³/mol. The van der Waals surface area contributed by atoms with E-state index in [0.29, 0.717) is 24.6 Å². The fourth-order valence-corrected chi connectivity index (χ4v) is 3.19. The highest BCUT2D eigenvalue weighted by Gasteiger charge is 2.16. The van der Waals surface area contributed by atoms with Gasteiger partial charge in [-0.3, -0.25) is 9.36 Å². The Bertz CT molecular complexity index is 933. The molecule has 0 aliphatic carbocycles. The largest absolute Gasteiger partial charge is 0.337 e. The molecule has 1 aliphatic rings. The first-order chi connectivity index (χ1) is 12.8. The van der Waals surface area contributed by atoms with Crippen molar-refractivity contribution in [1.82, 2.24) is 25.0 Å². The van der Waals surface area contributed by atoms with Gasteiger partial charge in [-0.25, -0.2) is 4.98 Å². The van der Waals surface area contributed by atoms with Gasteiger partial charge in [0.2, 0.25) is 5.89 Å². The van der Waals surface area contributed by atoms with Gasteiger partial charge in [0.25, 0.3) is 5.56 Å². The van der Waals surface area contributed by atoms with Crippen LogP contribution in [0.4, 0.5) is 0 Å². The molecular formula is C19H21N5O2. The zero-order valence-electron chi connectivity index (χ0n) is 14.5. The summed E-state index contributed by atoms with van der Waals surface area (Å²) in [7, 11) is 0. The summed E-state index contributed by atoms with van der Waals surface area (Å²) in [6.07, 6.45) is 4.63. The highest BCUT2D eigenvalue weighted by atomic mass is 16.5. The van der Waals surface area contributed by atoms with Gasteiger partial charge in [-0.15, -0.1) is 0 Å². The van der Waals surface area contributed by atoms with Gasteiger partial charge >= 0.3 is 0 Å². The molecule has 134 valence electrons. The van der Waals surface area contributed by atoms with E-state index in [1.807, 2.05) is 18.2 Å². The van der Waals surface area contributed by atoms with Crippen LogP contribution in [0.1, 0.15) is 28.5 Å². The van der Waals surface area contributed by atoms with Crippen LogP contribution in [0.25, 0.3) is 0 Å². The van der Waals surface area contributed by atoms with Crippen molar-refractivity contribution in [2.75, 3.05) is 13.1 Å². The van der Waals surface area contributed by atoms with E-state index in [1.54, 1.807) is 10.9 Å². The fourth-order valence-electron chi connectivity index (χ4n) is 3.19. The molecule has 26 heavy (non-hydrogen) atoms. The number of nitrogens with one attached hydrogen (secondary N) is 1. The summed E-state index contributed by atoms with van der Waals surface area (Å²) in [5.74, 6) is 1.09. The molecule has 7 heteroatoms. The number of fused-ring (bicyclic) bond motifs is 1. The molecular weight excluding hydrogens is 330 g/mol. The van der Waals surface area contributed by atoms with Gasteiger partial charge in [0.05, 0.1) is 12.0 Å². The van der Waals surface area contributed by atoms with E-state index in [0.717, 1.165) is 37.2 Å². The lowest BCUT2D eigenvalue weighted by Crippen LogP contribution is -2.27. The van der Waals surface area contributed by atoms with Gasteiger partial charge in [0.15, 0.2) is 5.82 Å². The number of benzene rings is 1. The first-order valence-electron chi connectivity index (χ1n) is 8.93. The molecule has 0 bridgehead atoms. The third-order valence-corrected chi connectivity index (χ3v) is 4.61. The molecule has 0 amide bonds. The number of hydrogen-bond donors (Lipinski definition) is 1. The summed E-state index contributed by atoms with van der Waals surface area (Å²) in [5, 5.41) is 7.32. The number of nitrogens with zero attached hydrogens (tertiary/aromatic N) is 4. The maximum absolute atomic E-state index is 12.7. The quantitative estimate of drug-likeness (QED) is 0.742. The first-order valence-corrected chi connectivity index (χ1v) is 8.93. The van der Waals surface area contributed by atoms with Crippen molar-refractivity contribution in [3.8, 4) is 0 Å². The molecule has 0 saturated carbocycles. The molecule has 3 heterocycles. The highest BCUT2D eigenvalue weighted by Crippen LogP contribution is 2.08. The zero-order valence-corrected chi connectivity index (χ0v) is 14.5. The van der Waals surface area contributed by atoms with Gasteiger partial charge < -0.3 is 9.84 Å². The Morgan fingerprint density at radius 2 is 1.96 bits per heavy atom. The van der Waals surface area contributed by atoms with Crippen LogP contribution >= 0.6 is 0 Å². The van der Waals surface area contributed by atoms with E-state index < -0.39 is 0 Å². The lowest BCUT2D eigenvalue weighted by molar-refractivity contribution is 0.364. The maximum atomic E-state index is 12.7. The van der Waals surface area contributed by atoms with Crippen LogP contribution in [0.3, 0.4) is 0 Å². The van der Waals surface area contributed by atoms with Crippen molar-refractivity contribution < 1.29 is 4.52 Å². The van der Waals surface area contributed by atoms with Gasteiger partial charge in [-0.2, -0.15) is 4.98 Å². The van der Waals surface area contributed by atoms with E-state index in [9.17, 15) is 4.79 Å². The van der Waals surface area contributed by atoms with Crippen LogP contribution < -0.4 is 10.9 Å². The average Bonchev–Trinajstić information content (AvgIpc) is 2.97. The van der Waals surface area contributed by atoms with E-state index in [2.05, 4.69) is 32.6 Å². The molecule has 0 unspecified atom stereocenters. The second kappa shape index (κ2) is 7.61. The minimum absolute atomic E-state index is 0.0114. The maximum Gasteiger partial charge on any atom is 0.257 e. The summed E-state index contributed by atoms with van der Waals surface area (Å²) >= 11 is 0. The molecule has 3 aromatic rings. The van der Waals surface area contributed by atoms with Crippen LogP contribution in [0.5, 0.6) is 0 Å². The Kier molecular flexibility index (Phi) is 4.88. The summed E-state index contributed by atoms with van der Waals surface area (Å²) in [6.45, 7) is 1.92. The lowest BCUT2D eigenvalue weighted by atomic mass is 10.1. The third kappa shape index (κ3) is 3.72. The molecule has 0 radical (unpaired) electrons.